The molecule has 0 fully saturated rings. The van der Waals surface area contributed by atoms with Gasteiger partial charge in [-0.15, -0.1) is 0 Å². The largest absolute Gasteiger partial charge is 0.305 e. The van der Waals surface area contributed by atoms with Crippen LogP contribution in [0.2, 0.25) is 0 Å². The zero-order valence-electron chi connectivity index (χ0n) is 9.16. The summed E-state index contributed by atoms with van der Waals surface area (Å²) in [6, 6.07) is 1.40. The van der Waals surface area contributed by atoms with E-state index in [1.165, 1.54) is 6.07 Å². The molecule has 0 radical (unpaired) electrons. The Balaban J connectivity index is 2.93. The molecule has 1 heterocycles. The molecule has 0 aliphatic rings. The van der Waals surface area contributed by atoms with Gasteiger partial charge >= 0.3 is 0 Å². The van der Waals surface area contributed by atoms with E-state index in [0.717, 1.165) is 5.56 Å². The first-order valence-corrected chi connectivity index (χ1v) is 6.04. The quantitative estimate of drug-likeness (QED) is 0.784. The van der Waals surface area contributed by atoms with E-state index in [4.69, 9.17) is 0 Å². The molecule has 0 aromatic carbocycles. The summed E-state index contributed by atoms with van der Waals surface area (Å²) in [7, 11) is 2.48. The van der Waals surface area contributed by atoms with E-state index in [1.807, 2.05) is 19.0 Å². The number of pyridine rings is 1. The Morgan fingerprint density at radius 2 is 2.20 bits per heavy atom. The van der Waals surface area contributed by atoms with Crippen LogP contribution in [0.25, 0.3) is 0 Å². The fourth-order valence-electron chi connectivity index (χ4n) is 1.22. The van der Waals surface area contributed by atoms with Crippen molar-refractivity contribution in [3.63, 3.8) is 0 Å². The van der Waals surface area contributed by atoms with Crippen molar-refractivity contribution in [1.29, 1.82) is 0 Å². The molecule has 0 amide bonds. The molecule has 1 aromatic heterocycles. The van der Waals surface area contributed by atoms with Gasteiger partial charge in [0.2, 0.25) is 0 Å². The first-order valence-electron chi connectivity index (χ1n) is 4.72. The van der Waals surface area contributed by atoms with Crippen LogP contribution in [0.3, 0.4) is 0 Å². The fraction of sp³-hybridized carbons (Fsp3) is 0.500. The SMILES string of the molecule is CCS(=O)c1ncc(CN(C)C)cc1F. The third kappa shape index (κ3) is 3.35. The molecule has 0 saturated heterocycles. The van der Waals surface area contributed by atoms with Gasteiger partial charge in [-0.25, -0.2) is 9.37 Å². The lowest BCUT2D eigenvalue weighted by Gasteiger charge is -2.09. The molecule has 0 aliphatic carbocycles. The van der Waals surface area contributed by atoms with Crippen molar-refractivity contribution in [1.82, 2.24) is 9.88 Å². The van der Waals surface area contributed by atoms with Crippen molar-refractivity contribution in [3.8, 4) is 0 Å². The van der Waals surface area contributed by atoms with Crippen LogP contribution in [0.15, 0.2) is 17.3 Å². The van der Waals surface area contributed by atoms with Gasteiger partial charge in [0.25, 0.3) is 0 Å². The topological polar surface area (TPSA) is 33.2 Å². The number of halogens is 1. The molecule has 15 heavy (non-hydrogen) atoms. The third-order valence-electron chi connectivity index (χ3n) is 1.84. The molecule has 0 spiro atoms. The van der Waals surface area contributed by atoms with Crippen molar-refractivity contribution in [2.45, 2.75) is 18.5 Å². The minimum Gasteiger partial charge on any atom is -0.305 e. The summed E-state index contributed by atoms with van der Waals surface area (Å²) in [6.07, 6.45) is 1.58. The van der Waals surface area contributed by atoms with E-state index in [0.29, 0.717) is 12.3 Å². The predicted molar refractivity (Wildman–Crippen MR) is 58.5 cm³/mol. The summed E-state index contributed by atoms with van der Waals surface area (Å²) in [6.45, 7) is 2.37. The normalized spacial score (nSPS) is 13.1. The van der Waals surface area contributed by atoms with Gasteiger partial charge in [0.15, 0.2) is 10.8 Å². The Bertz CT molecular complexity index is 368. The lowest BCUT2D eigenvalue weighted by atomic mass is 10.3. The van der Waals surface area contributed by atoms with E-state index < -0.39 is 16.6 Å². The van der Waals surface area contributed by atoms with Crippen LogP contribution in [0.1, 0.15) is 12.5 Å². The van der Waals surface area contributed by atoms with Crippen molar-refractivity contribution in [3.05, 3.63) is 23.6 Å². The zero-order valence-corrected chi connectivity index (χ0v) is 9.97. The van der Waals surface area contributed by atoms with Crippen molar-refractivity contribution >= 4 is 10.8 Å². The third-order valence-corrected chi connectivity index (χ3v) is 3.10. The summed E-state index contributed by atoms with van der Waals surface area (Å²) in [5.41, 5.74) is 0.786. The summed E-state index contributed by atoms with van der Waals surface area (Å²) in [4.78, 5) is 5.82. The minimum atomic E-state index is -1.32. The Labute approximate surface area is 91.8 Å². The number of hydrogen-bond acceptors (Lipinski definition) is 3. The monoisotopic (exact) mass is 230 g/mol. The average Bonchev–Trinajstić information content (AvgIpc) is 2.16. The van der Waals surface area contributed by atoms with Gasteiger partial charge in [0, 0.05) is 18.5 Å². The van der Waals surface area contributed by atoms with Crippen LogP contribution in [0, 0.1) is 5.82 Å². The summed E-state index contributed by atoms with van der Waals surface area (Å²) >= 11 is 0. The molecule has 1 rings (SSSR count). The first kappa shape index (κ1) is 12.3. The van der Waals surface area contributed by atoms with E-state index >= 15 is 0 Å². The molecule has 1 aromatic rings. The molecule has 0 aliphatic heterocycles. The van der Waals surface area contributed by atoms with Crippen molar-refractivity contribution < 1.29 is 8.60 Å². The second-order valence-electron chi connectivity index (χ2n) is 3.50. The van der Waals surface area contributed by atoms with Gasteiger partial charge in [-0.3, -0.25) is 4.21 Å². The first-order chi connectivity index (χ1) is 7.04. The second-order valence-corrected chi connectivity index (χ2v) is 5.16. The minimum absolute atomic E-state index is 0.0556. The van der Waals surface area contributed by atoms with Crippen LogP contribution in [-0.2, 0) is 17.3 Å². The van der Waals surface area contributed by atoms with Gasteiger partial charge < -0.3 is 4.90 Å². The lowest BCUT2D eigenvalue weighted by Crippen LogP contribution is -2.12. The van der Waals surface area contributed by atoms with E-state index in [9.17, 15) is 8.60 Å². The molecule has 1 unspecified atom stereocenters. The zero-order chi connectivity index (χ0) is 11.4. The highest BCUT2D eigenvalue weighted by Gasteiger charge is 2.10. The fourth-order valence-corrected chi connectivity index (χ4v) is 1.94. The Morgan fingerprint density at radius 1 is 1.53 bits per heavy atom. The molecule has 0 N–H and O–H groups in total. The van der Waals surface area contributed by atoms with E-state index in [-0.39, 0.29) is 5.03 Å². The number of aromatic nitrogens is 1. The van der Waals surface area contributed by atoms with Crippen LogP contribution >= 0.6 is 0 Å². The number of nitrogens with zero attached hydrogens (tertiary/aromatic N) is 2. The lowest BCUT2D eigenvalue weighted by molar-refractivity contribution is 0.400. The second kappa shape index (κ2) is 5.32. The van der Waals surface area contributed by atoms with Gasteiger partial charge in [0.05, 0.1) is 10.8 Å². The van der Waals surface area contributed by atoms with Crippen LogP contribution in [0.5, 0.6) is 0 Å². The molecule has 0 bridgehead atoms. The molecule has 5 heteroatoms. The maximum Gasteiger partial charge on any atom is 0.162 e. The molecule has 3 nitrogen and oxygen atoms in total. The van der Waals surface area contributed by atoms with Gasteiger partial charge in [-0.05, 0) is 25.7 Å². The van der Waals surface area contributed by atoms with Gasteiger partial charge in [-0.2, -0.15) is 0 Å². The molecule has 0 saturated carbocycles. The molecule has 1 atom stereocenters. The van der Waals surface area contributed by atoms with Crippen molar-refractivity contribution in [2.24, 2.45) is 0 Å². The van der Waals surface area contributed by atoms with Crippen LogP contribution in [-0.4, -0.2) is 33.9 Å². The van der Waals surface area contributed by atoms with E-state index in [1.54, 1.807) is 13.1 Å². The maximum absolute atomic E-state index is 13.5. The van der Waals surface area contributed by atoms with Gasteiger partial charge in [0.1, 0.15) is 0 Å². The van der Waals surface area contributed by atoms with Crippen molar-refractivity contribution in [2.75, 3.05) is 19.8 Å². The number of rotatable bonds is 4. The summed E-state index contributed by atoms with van der Waals surface area (Å²) < 4.78 is 24.8. The van der Waals surface area contributed by atoms with Gasteiger partial charge in [-0.1, -0.05) is 6.92 Å². The predicted octanol–water partition coefficient (Wildman–Crippen LogP) is 1.41. The van der Waals surface area contributed by atoms with Crippen LogP contribution in [0.4, 0.5) is 4.39 Å². The van der Waals surface area contributed by atoms with E-state index in [2.05, 4.69) is 4.98 Å². The van der Waals surface area contributed by atoms with Crippen LogP contribution < -0.4 is 0 Å². The highest BCUT2D eigenvalue weighted by atomic mass is 32.2. The summed E-state index contributed by atoms with van der Waals surface area (Å²) in [5, 5.41) is 0.0556. The standard InChI is InChI=1S/C10H15FN2OS/c1-4-15(14)10-9(11)5-8(6-12-10)7-13(2)3/h5-6H,4,7H2,1-3H3. The Kier molecular flexibility index (Phi) is 4.35. The summed E-state index contributed by atoms with van der Waals surface area (Å²) in [5.74, 6) is -0.0914. The maximum atomic E-state index is 13.5. The smallest absolute Gasteiger partial charge is 0.162 e. The number of hydrogen-bond donors (Lipinski definition) is 0. The highest BCUT2D eigenvalue weighted by Crippen LogP contribution is 2.12. The molecular weight excluding hydrogens is 215 g/mol. The molecule has 84 valence electrons. The molecular formula is C10H15FN2OS. The Morgan fingerprint density at radius 3 is 2.67 bits per heavy atom. The Hall–Kier alpha value is -0.810. The average molecular weight is 230 g/mol. The highest BCUT2D eigenvalue weighted by molar-refractivity contribution is 7.84.